The summed E-state index contributed by atoms with van der Waals surface area (Å²) in [5.74, 6) is 0. The van der Waals surface area contributed by atoms with E-state index < -0.39 is 0 Å². The lowest BCUT2D eigenvalue weighted by Gasteiger charge is -2.37. The first kappa shape index (κ1) is 14.3. The molecule has 1 saturated heterocycles. The fourth-order valence-electron chi connectivity index (χ4n) is 2.70. The molecule has 1 aliphatic rings. The van der Waals surface area contributed by atoms with Crippen molar-refractivity contribution in [1.82, 2.24) is 9.88 Å². The molecule has 0 amide bonds. The normalized spacial score (nSPS) is 22.2. The molecule has 2 N–H and O–H groups in total. The van der Waals surface area contributed by atoms with E-state index in [9.17, 15) is 0 Å². The van der Waals surface area contributed by atoms with Crippen molar-refractivity contribution in [2.45, 2.75) is 38.3 Å². The van der Waals surface area contributed by atoms with Crippen molar-refractivity contribution in [3.05, 3.63) is 24.0 Å². The topological polar surface area (TPSA) is 45.4 Å². The van der Waals surface area contributed by atoms with Crippen LogP contribution >= 0.6 is 0 Å². The highest BCUT2D eigenvalue weighted by molar-refractivity contribution is 5.45. The van der Waals surface area contributed by atoms with Gasteiger partial charge in [0.05, 0.1) is 17.6 Å². The Morgan fingerprint density at radius 2 is 2.32 bits per heavy atom. The molecule has 1 aromatic heterocycles. The molecule has 4 nitrogen and oxygen atoms in total. The standard InChI is InChI=1S/C15H26N4/c1-4-14(16)15-8-7-12(10-17-15)19(3)13-6-5-9-18(2)11-13/h7-8,10,13-14H,4-6,9,11,16H2,1-3H3. The van der Waals surface area contributed by atoms with Crippen LogP contribution in [-0.2, 0) is 0 Å². The Hall–Kier alpha value is -1.13. The van der Waals surface area contributed by atoms with Crippen molar-refractivity contribution in [3.63, 3.8) is 0 Å². The molecule has 2 rings (SSSR count). The SMILES string of the molecule is CCC(N)c1ccc(N(C)C2CCCN(C)C2)cn1. The van der Waals surface area contributed by atoms with E-state index in [0.717, 1.165) is 18.7 Å². The van der Waals surface area contributed by atoms with E-state index in [1.165, 1.54) is 25.1 Å². The van der Waals surface area contributed by atoms with Crippen molar-refractivity contribution in [2.75, 3.05) is 32.1 Å². The van der Waals surface area contributed by atoms with Gasteiger partial charge < -0.3 is 15.5 Å². The molecular formula is C15H26N4. The van der Waals surface area contributed by atoms with Gasteiger partial charge in [-0.3, -0.25) is 4.98 Å². The number of likely N-dealkylation sites (tertiary alicyclic amines) is 1. The van der Waals surface area contributed by atoms with Gasteiger partial charge in [-0.1, -0.05) is 6.92 Å². The number of likely N-dealkylation sites (N-methyl/N-ethyl adjacent to an activating group) is 2. The maximum absolute atomic E-state index is 6.00. The van der Waals surface area contributed by atoms with Crippen molar-refractivity contribution in [1.29, 1.82) is 0 Å². The summed E-state index contributed by atoms with van der Waals surface area (Å²) in [5, 5.41) is 0. The van der Waals surface area contributed by atoms with E-state index in [1.807, 2.05) is 6.20 Å². The maximum atomic E-state index is 6.00. The first-order valence-electron chi connectivity index (χ1n) is 7.24. The van der Waals surface area contributed by atoms with Crippen LogP contribution in [0.4, 0.5) is 5.69 Å². The minimum absolute atomic E-state index is 0.0557. The number of piperidine rings is 1. The van der Waals surface area contributed by atoms with Gasteiger partial charge in [-0.2, -0.15) is 0 Å². The van der Waals surface area contributed by atoms with E-state index in [0.29, 0.717) is 6.04 Å². The summed E-state index contributed by atoms with van der Waals surface area (Å²) in [6, 6.07) is 4.85. The molecule has 19 heavy (non-hydrogen) atoms. The molecule has 2 unspecified atom stereocenters. The first-order valence-corrected chi connectivity index (χ1v) is 7.24. The minimum atomic E-state index is 0.0557. The second kappa shape index (κ2) is 6.35. The highest BCUT2D eigenvalue weighted by atomic mass is 15.2. The third kappa shape index (κ3) is 3.45. The van der Waals surface area contributed by atoms with Crippen molar-refractivity contribution in [2.24, 2.45) is 5.73 Å². The van der Waals surface area contributed by atoms with Crippen LogP contribution in [0.15, 0.2) is 18.3 Å². The zero-order valence-electron chi connectivity index (χ0n) is 12.3. The summed E-state index contributed by atoms with van der Waals surface area (Å²) in [6.45, 7) is 4.43. The Morgan fingerprint density at radius 1 is 1.53 bits per heavy atom. The summed E-state index contributed by atoms with van der Waals surface area (Å²) in [5.41, 5.74) is 8.17. The summed E-state index contributed by atoms with van der Waals surface area (Å²) in [7, 11) is 4.36. The molecule has 1 fully saturated rings. The van der Waals surface area contributed by atoms with Crippen LogP contribution in [0.1, 0.15) is 37.9 Å². The molecule has 106 valence electrons. The second-order valence-electron chi connectivity index (χ2n) is 5.63. The molecule has 4 heteroatoms. The van der Waals surface area contributed by atoms with E-state index in [1.54, 1.807) is 0 Å². The number of hydrogen-bond donors (Lipinski definition) is 1. The van der Waals surface area contributed by atoms with Crippen LogP contribution in [0.5, 0.6) is 0 Å². The summed E-state index contributed by atoms with van der Waals surface area (Å²) < 4.78 is 0. The molecule has 0 saturated carbocycles. The third-order valence-electron chi connectivity index (χ3n) is 4.15. The predicted octanol–water partition coefficient (Wildman–Crippen LogP) is 2.02. The summed E-state index contributed by atoms with van der Waals surface area (Å²) in [6.07, 6.45) is 5.42. The largest absolute Gasteiger partial charge is 0.369 e. The fraction of sp³-hybridized carbons (Fsp3) is 0.667. The van der Waals surface area contributed by atoms with Gasteiger partial charge >= 0.3 is 0 Å². The van der Waals surface area contributed by atoms with Gasteiger partial charge in [0.1, 0.15) is 0 Å². The molecule has 0 aromatic carbocycles. The van der Waals surface area contributed by atoms with Crippen LogP contribution in [-0.4, -0.2) is 43.1 Å². The molecule has 1 aliphatic heterocycles. The highest BCUT2D eigenvalue weighted by Gasteiger charge is 2.21. The number of nitrogens with two attached hydrogens (primary N) is 1. The average molecular weight is 262 g/mol. The smallest absolute Gasteiger partial charge is 0.0572 e. The predicted molar refractivity (Wildman–Crippen MR) is 80.4 cm³/mol. The maximum Gasteiger partial charge on any atom is 0.0572 e. The van der Waals surface area contributed by atoms with Gasteiger partial charge in [-0.05, 0) is 45.0 Å². The lowest BCUT2D eigenvalue weighted by atomic mass is 10.0. The molecule has 0 radical (unpaired) electrons. The molecule has 0 aliphatic carbocycles. The Morgan fingerprint density at radius 3 is 2.89 bits per heavy atom. The molecule has 1 aromatic rings. The van der Waals surface area contributed by atoms with E-state index in [4.69, 9.17) is 5.73 Å². The van der Waals surface area contributed by atoms with Gasteiger partial charge in [0, 0.05) is 25.7 Å². The number of aromatic nitrogens is 1. The van der Waals surface area contributed by atoms with Gasteiger partial charge in [0.25, 0.3) is 0 Å². The highest BCUT2D eigenvalue weighted by Crippen LogP contribution is 2.21. The summed E-state index contributed by atoms with van der Waals surface area (Å²) in [4.78, 5) is 9.26. The van der Waals surface area contributed by atoms with Crippen LogP contribution < -0.4 is 10.6 Å². The number of nitrogens with zero attached hydrogens (tertiary/aromatic N) is 3. The number of rotatable bonds is 4. The number of pyridine rings is 1. The van der Waals surface area contributed by atoms with E-state index in [2.05, 4.69) is 47.9 Å². The van der Waals surface area contributed by atoms with Gasteiger partial charge in [0.15, 0.2) is 0 Å². The van der Waals surface area contributed by atoms with Gasteiger partial charge in [0.2, 0.25) is 0 Å². The van der Waals surface area contributed by atoms with E-state index >= 15 is 0 Å². The fourth-order valence-corrected chi connectivity index (χ4v) is 2.70. The lowest BCUT2D eigenvalue weighted by Crippen LogP contribution is -2.45. The summed E-state index contributed by atoms with van der Waals surface area (Å²) >= 11 is 0. The van der Waals surface area contributed by atoms with Crippen LogP contribution in [0.2, 0.25) is 0 Å². The van der Waals surface area contributed by atoms with Crippen LogP contribution in [0.3, 0.4) is 0 Å². The van der Waals surface area contributed by atoms with Crippen molar-refractivity contribution in [3.8, 4) is 0 Å². The third-order valence-corrected chi connectivity index (χ3v) is 4.15. The monoisotopic (exact) mass is 262 g/mol. The zero-order valence-corrected chi connectivity index (χ0v) is 12.3. The first-order chi connectivity index (χ1) is 9.11. The number of anilines is 1. The average Bonchev–Trinajstić information content (AvgIpc) is 2.46. The molecule has 2 heterocycles. The molecular weight excluding hydrogens is 236 g/mol. The minimum Gasteiger partial charge on any atom is -0.369 e. The number of hydrogen-bond acceptors (Lipinski definition) is 4. The van der Waals surface area contributed by atoms with Gasteiger partial charge in [-0.25, -0.2) is 0 Å². The van der Waals surface area contributed by atoms with Crippen molar-refractivity contribution < 1.29 is 0 Å². The van der Waals surface area contributed by atoms with Gasteiger partial charge in [-0.15, -0.1) is 0 Å². The quantitative estimate of drug-likeness (QED) is 0.902. The zero-order chi connectivity index (χ0) is 13.8. The molecule has 2 atom stereocenters. The molecule has 0 spiro atoms. The molecule has 0 bridgehead atoms. The van der Waals surface area contributed by atoms with E-state index in [-0.39, 0.29) is 6.04 Å². The Kier molecular flexibility index (Phi) is 4.77. The Balaban J connectivity index is 2.04. The Labute approximate surface area is 116 Å². The Bertz CT molecular complexity index is 390. The lowest BCUT2D eigenvalue weighted by molar-refractivity contribution is 0.248. The van der Waals surface area contributed by atoms with Crippen LogP contribution in [0, 0.1) is 0 Å². The van der Waals surface area contributed by atoms with Crippen LogP contribution in [0.25, 0.3) is 0 Å². The second-order valence-corrected chi connectivity index (χ2v) is 5.63. The van der Waals surface area contributed by atoms with Crippen molar-refractivity contribution >= 4 is 5.69 Å².